The van der Waals surface area contributed by atoms with Crippen LogP contribution in [0.2, 0.25) is 0 Å². The van der Waals surface area contributed by atoms with Gasteiger partial charge in [0, 0.05) is 25.1 Å². The Labute approximate surface area is 238 Å². The number of nitrogens with zero attached hydrogens (tertiary/aromatic N) is 1. The van der Waals surface area contributed by atoms with E-state index in [2.05, 4.69) is 17.4 Å². The molecule has 0 radical (unpaired) electrons. The van der Waals surface area contributed by atoms with Crippen LogP contribution < -0.4 is 10.1 Å². The monoisotopic (exact) mass is 548 g/mol. The summed E-state index contributed by atoms with van der Waals surface area (Å²) in [7, 11) is 0. The molecule has 0 spiro atoms. The van der Waals surface area contributed by atoms with E-state index in [1.165, 1.54) is 24.3 Å². The highest BCUT2D eigenvalue weighted by Crippen LogP contribution is 2.29. The minimum absolute atomic E-state index is 0.0127. The standard InChI is InChI=1S/C34H29FN2O4/c35-27-11-15-29(16-12-27)41-30-17-13-28(14-18-30)36-34(40)31-22-25(21-24-7-3-1-4-8-24)23-37(31)33(39)20-19-32(38)26-9-5-2-6-10-26/h1-5,7-9,11-18,25,31H,19-23H2,(H,36,40). The van der Waals surface area contributed by atoms with E-state index < -0.39 is 6.04 Å². The molecule has 2 unspecified atom stereocenters. The number of carbonyl (C=O) groups excluding carboxylic acids is 3. The highest BCUT2D eigenvalue weighted by atomic mass is 19.1. The molecule has 206 valence electrons. The van der Waals surface area contributed by atoms with Gasteiger partial charge in [0.05, 0.1) is 5.56 Å². The van der Waals surface area contributed by atoms with Crippen LogP contribution in [-0.4, -0.2) is 35.1 Å². The van der Waals surface area contributed by atoms with Crippen LogP contribution in [0.1, 0.15) is 35.2 Å². The number of likely N-dealkylation sites (tertiary alicyclic amines) is 1. The normalized spacial score (nSPS) is 16.1. The van der Waals surface area contributed by atoms with Gasteiger partial charge in [-0.25, -0.2) is 4.39 Å². The highest BCUT2D eigenvalue weighted by molar-refractivity contribution is 5.99. The second-order valence-electron chi connectivity index (χ2n) is 10.1. The van der Waals surface area contributed by atoms with Crippen molar-refractivity contribution in [2.75, 3.05) is 11.9 Å². The molecule has 7 heteroatoms. The molecule has 0 bridgehead atoms. The molecule has 1 fully saturated rings. The Morgan fingerprint density at radius 1 is 0.878 bits per heavy atom. The Hall–Kier alpha value is -4.96. The van der Waals surface area contributed by atoms with Crippen molar-refractivity contribution in [3.05, 3.63) is 126 Å². The van der Waals surface area contributed by atoms with E-state index >= 15 is 0 Å². The van der Waals surface area contributed by atoms with Gasteiger partial charge in [-0.2, -0.15) is 0 Å². The van der Waals surface area contributed by atoms with Gasteiger partial charge in [0.15, 0.2) is 5.78 Å². The number of Topliss-reactive ketones (excluding diaryl/α,β-unsaturated/α-hetero) is 1. The number of amides is 2. The van der Waals surface area contributed by atoms with Crippen molar-refractivity contribution >= 4 is 23.3 Å². The van der Waals surface area contributed by atoms with Gasteiger partial charge in [0.25, 0.3) is 0 Å². The zero-order valence-corrected chi connectivity index (χ0v) is 22.4. The number of carbonyl (C=O) groups is 3. The van der Waals surface area contributed by atoms with Crippen molar-refractivity contribution in [3.63, 3.8) is 0 Å². The summed E-state index contributed by atoms with van der Waals surface area (Å²) in [5, 5.41) is 2.93. The topological polar surface area (TPSA) is 75.7 Å². The van der Waals surface area contributed by atoms with Gasteiger partial charge in [-0.1, -0.05) is 48.5 Å². The summed E-state index contributed by atoms with van der Waals surface area (Å²) in [5.74, 6) is 0.106. The van der Waals surface area contributed by atoms with Gasteiger partial charge >= 0.3 is 0 Å². The first-order chi connectivity index (χ1) is 19.9. The van der Waals surface area contributed by atoms with Crippen LogP contribution in [0.3, 0.4) is 0 Å². The molecule has 0 aromatic heterocycles. The SMILES string of the molecule is O=C(CCC(=O)N1CC(Cc2ccccc2)CC1C(=O)Nc1ccc(Oc2ccc(F)cc2)cc1)c1c#cccc1. The van der Waals surface area contributed by atoms with Crippen LogP contribution in [0.4, 0.5) is 10.1 Å². The molecule has 4 aromatic rings. The fraction of sp³-hybridized carbons (Fsp3) is 0.206. The number of hydrogen-bond acceptors (Lipinski definition) is 4. The zero-order valence-electron chi connectivity index (χ0n) is 22.4. The average Bonchev–Trinajstić information content (AvgIpc) is 3.43. The molecular formula is C34H29FN2O4. The van der Waals surface area contributed by atoms with Crippen molar-refractivity contribution < 1.29 is 23.5 Å². The van der Waals surface area contributed by atoms with Crippen LogP contribution in [-0.2, 0) is 16.0 Å². The molecule has 1 heterocycles. The summed E-state index contributed by atoms with van der Waals surface area (Å²) >= 11 is 0. The predicted octanol–water partition coefficient (Wildman–Crippen LogP) is 6.28. The Morgan fingerprint density at radius 2 is 1.59 bits per heavy atom. The van der Waals surface area contributed by atoms with Crippen molar-refractivity contribution in [1.82, 2.24) is 4.90 Å². The summed E-state index contributed by atoms with van der Waals surface area (Å²) < 4.78 is 18.9. The maximum atomic E-state index is 13.4. The minimum Gasteiger partial charge on any atom is -0.457 e. The van der Waals surface area contributed by atoms with Crippen LogP contribution in [0.5, 0.6) is 11.5 Å². The number of rotatable bonds is 10. The smallest absolute Gasteiger partial charge is 0.247 e. The first-order valence-corrected chi connectivity index (χ1v) is 13.5. The van der Waals surface area contributed by atoms with Gasteiger partial charge in [0.2, 0.25) is 11.8 Å². The minimum atomic E-state index is -0.655. The molecule has 41 heavy (non-hydrogen) atoms. The molecule has 4 aromatic carbocycles. The fourth-order valence-electron chi connectivity index (χ4n) is 5.03. The molecule has 0 saturated carbocycles. The molecular weight excluding hydrogens is 519 g/mol. The van der Waals surface area contributed by atoms with Gasteiger partial charge in [-0.15, -0.1) is 0 Å². The van der Waals surface area contributed by atoms with E-state index in [0.717, 1.165) is 12.0 Å². The lowest BCUT2D eigenvalue weighted by Crippen LogP contribution is -2.43. The number of anilines is 1. The molecule has 1 N–H and O–H groups in total. The summed E-state index contributed by atoms with van der Waals surface area (Å²) in [5.41, 5.74) is 2.10. The molecule has 1 aliphatic heterocycles. The van der Waals surface area contributed by atoms with Crippen LogP contribution in [0.15, 0.2) is 97.1 Å². The number of hydrogen-bond donors (Lipinski definition) is 1. The van der Waals surface area contributed by atoms with Crippen molar-refractivity contribution in [2.45, 2.75) is 31.7 Å². The molecule has 5 rings (SSSR count). The summed E-state index contributed by atoms with van der Waals surface area (Å²) in [6, 6.07) is 32.5. The van der Waals surface area contributed by atoms with Crippen molar-refractivity contribution in [1.29, 1.82) is 0 Å². The predicted molar refractivity (Wildman–Crippen MR) is 153 cm³/mol. The van der Waals surface area contributed by atoms with Gasteiger partial charge in [-0.05, 0) is 85.0 Å². The Morgan fingerprint density at radius 3 is 2.27 bits per heavy atom. The third kappa shape index (κ3) is 7.37. The van der Waals surface area contributed by atoms with E-state index in [4.69, 9.17) is 4.74 Å². The van der Waals surface area contributed by atoms with E-state index in [9.17, 15) is 18.8 Å². The van der Waals surface area contributed by atoms with E-state index in [1.54, 1.807) is 47.4 Å². The summed E-state index contributed by atoms with van der Waals surface area (Å²) in [6.45, 7) is 0.440. The largest absolute Gasteiger partial charge is 0.457 e. The van der Waals surface area contributed by atoms with Gasteiger partial charge < -0.3 is 15.0 Å². The van der Waals surface area contributed by atoms with Crippen molar-refractivity contribution in [3.8, 4) is 11.5 Å². The maximum Gasteiger partial charge on any atom is 0.247 e. The average molecular weight is 549 g/mol. The molecule has 1 saturated heterocycles. The van der Waals surface area contributed by atoms with Gasteiger partial charge in [-0.3, -0.25) is 14.4 Å². The van der Waals surface area contributed by atoms with E-state index in [0.29, 0.717) is 35.7 Å². The number of nitrogens with one attached hydrogen (secondary N) is 1. The first-order valence-electron chi connectivity index (χ1n) is 13.5. The number of ether oxygens (including phenoxy) is 1. The molecule has 6 nitrogen and oxygen atoms in total. The molecule has 1 aliphatic rings. The third-order valence-electron chi connectivity index (χ3n) is 7.06. The van der Waals surface area contributed by atoms with Crippen LogP contribution >= 0.6 is 0 Å². The zero-order chi connectivity index (χ0) is 28.6. The van der Waals surface area contributed by atoms with E-state index in [-0.39, 0.29) is 42.2 Å². The quantitative estimate of drug-likeness (QED) is 0.237. The van der Waals surface area contributed by atoms with Crippen molar-refractivity contribution in [2.24, 2.45) is 5.92 Å². The Kier molecular flexibility index (Phi) is 8.70. The summed E-state index contributed by atoms with van der Waals surface area (Å²) in [6.07, 6.45) is 1.32. The Bertz CT molecular complexity index is 1480. The van der Waals surface area contributed by atoms with Gasteiger partial charge in [0.1, 0.15) is 23.4 Å². The van der Waals surface area contributed by atoms with Crippen LogP contribution in [0, 0.1) is 23.9 Å². The Balaban J connectivity index is 1.24. The molecule has 2 amide bonds. The second kappa shape index (κ2) is 12.9. The molecule has 2 atom stereocenters. The molecule has 0 aliphatic carbocycles. The lowest BCUT2D eigenvalue weighted by atomic mass is 9.96. The first kappa shape index (κ1) is 27.6. The second-order valence-corrected chi connectivity index (χ2v) is 10.1. The summed E-state index contributed by atoms with van der Waals surface area (Å²) in [4.78, 5) is 40.9. The van der Waals surface area contributed by atoms with Crippen LogP contribution in [0.25, 0.3) is 0 Å². The lowest BCUT2D eigenvalue weighted by Gasteiger charge is -2.24. The van der Waals surface area contributed by atoms with E-state index in [1.807, 2.05) is 30.3 Å². The highest BCUT2D eigenvalue weighted by Gasteiger charge is 2.39. The fourth-order valence-corrected chi connectivity index (χ4v) is 5.03. The number of ketones is 1. The third-order valence-corrected chi connectivity index (χ3v) is 7.06. The number of benzene rings is 3. The lowest BCUT2D eigenvalue weighted by molar-refractivity contribution is -0.136. The maximum absolute atomic E-state index is 13.4. The number of halogens is 1.